The number of benzene rings is 1. The fraction of sp³-hybridized carbons (Fsp3) is 0.353. The average molecular weight is 330 g/mol. The highest BCUT2D eigenvalue weighted by Crippen LogP contribution is 2.26. The van der Waals surface area contributed by atoms with E-state index in [9.17, 15) is 14.7 Å². The van der Waals surface area contributed by atoms with E-state index in [4.69, 9.17) is 0 Å². The van der Waals surface area contributed by atoms with Crippen molar-refractivity contribution in [3.63, 3.8) is 0 Å². The molecule has 1 aliphatic heterocycles. The third-order valence-electron chi connectivity index (χ3n) is 4.03. The van der Waals surface area contributed by atoms with E-state index in [0.29, 0.717) is 18.7 Å². The lowest BCUT2D eigenvalue weighted by molar-refractivity contribution is -0.142. The number of hydrogen-bond donors (Lipinski definition) is 1. The van der Waals surface area contributed by atoms with E-state index in [2.05, 4.69) is 4.98 Å². The van der Waals surface area contributed by atoms with Crippen molar-refractivity contribution >= 4 is 23.2 Å². The Morgan fingerprint density at radius 2 is 2.00 bits per heavy atom. The lowest BCUT2D eigenvalue weighted by Gasteiger charge is -2.34. The predicted octanol–water partition coefficient (Wildman–Crippen LogP) is 2.92. The minimum absolute atomic E-state index is 0.249. The first-order valence-corrected chi connectivity index (χ1v) is 8.41. The van der Waals surface area contributed by atoms with Crippen LogP contribution < -0.4 is 0 Å². The summed E-state index contributed by atoms with van der Waals surface area (Å²) in [5.74, 6) is -1.04. The molecule has 1 aliphatic rings. The molecule has 6 heteroatoms. The summed E-state index contributed by atoms with van der Waals surface area (Å²) in [6.07, 6.45) is 0.332. The molecule has 0 aliphatic carbocycles. The van der Waals surface area contributed by atoms with E-state index in [1.54, 1.807) is 5.38 Å². The maximum absolute atomic E-state index is 12.8. The summed E-state index contributed by atoms with van der Waals surface area (Å²) in [5.41, 5.74) is 2.33. The molecule has 2 heterocycles. The summed E-state index contributed by atoms with van der Waals surface area (Å²) in [6.45, 7) is 4.34. The molecule has 2 aromatic rings. The van der Waals surface area contributed by atoms with Gasteiger partial charge in [0.2, 0.25) is 0 Å². The van der Waals surface area contributed by atoms with Gasteiger partial charge in [0.1, 0.15) is 11.7 Å². The molecule has 120 valence electrons. The summed E-state index contributed by atoms with van der Waals surface area (Å²) in [4.78, 5) is 30.2. The van der Waals surface area contributed by atoms with Crippen LogP contribution in [0.2, 0.25) is 0 Å². The molecule has 5 nitrogen and oxygen atoms in total. The summed E-state index contributed by atoms with van der Waals surface area (Å²) in [6, 6.07) is 6.81. The molecule has 1 N–H and O–H groups in total. The first-order valence-electron chi connectivity index (χ1n) is 7.53. The minimum Gasteiger partial charge on any atom is -0.480 e. The summed E-state index contributed by atoms with van der Waals surface area (Å²) >= 11 is 1.44. The number of rotatable bonds is 3. The second-order valence-corrected chi connectivity index (χ2v) is 6.88. The van der Waals surface area contributed by atoms with Crippen LogP contribution in [0.4, 0.5) is 0 Å². The van der Waals surface area contributed by atoms with Gasteiger partial charge in [-0.25, -0.2) is 9.78 Å². The van der Waals surface area contributed by atoms with Gasteiger partial charge in [0.25, 0.3) is 5.91 Å². The van der Waals surface area contributed by atoms with E-state index in [-0.39, 0.29) is 11.8 Å². The zero-order chi connectivity index (χ0) is 16.6. The zero-order valence-corrected chi connectivity index (χ0v) is 13.8. The highest BCUT2D eigenvalue weighted by molar-refractivity contribution is 7.09. The molecular formula is C17H18N2O3S. The van der Waals surface area contributed by atoms with E-state index in [1.165, 1.54) is 16.2 Å². The van der Waals surface area contributed by atoms with Crippen molar-refractivity contribution in [3.8, 4) is 0 Å². The SMILES string of the molecule is CC(C)c1nc(C(=O)N2Cc3ccccc3CC2C(=O)O)cs1. The summed E-state index contributed by atoms with van der Waals surface area (Å²) in [5, 5.41) is 12.1. The number of carbonyl (C=O) groups is 2. The molecule has 3 rings (SSSR count). The number of nitrogens with zero attached hydrogens (tertiary/aromatic N) is 2. The Morgan fingerprint density at radius 1 is 1.30 bits per heavy atom. The Hall–Kier alpha value is -2.21. The third kappa shape index (κ3) is 2.99. The maximum atomic E-state index is 12.8. The fourth-order valence-corrected chi connectivity index (χ4v) is 3.56. The zero-order valence-electron chi connectivity index (χ0n) is 13.0. The van der Waals surface area contributed by atoms with Crippen LogP contribution in [-0.4, -0.2) is 32.9 Å². The molecule has 0 fully saturated rings. The Kier molecular flexibility index (Phi) is 4.17. The largest absolute Gasteiger partial charge is 0.480 e. The molecule has 1 aromatic carbocycles. The second kappa shape index (κ2) is 6.12. The monoisotopic (exact) mass is 330 g/mol. The van der Waals surface area contributed by atoms with Gasteiger partial charge in [-0.15, -0.1) is 11.3 Å². The van der Waals surface area contributed by atoms with Gasteiger partial charge in [0.15, 0.2) is 0 Å². The molecular weight excluding hydrogens is 312 g/mol. The highest BCUT2D eigenvalue weighted by Gasteiger charge is 2.35. The van der Waals surface area contributed by atoms with Crippen molar-refractivity contribution in [2.45, 2.75) is 38.8 Å². The van der Waals surface area contributed by atoms with Crippen LogP contribution in [0, 0.1) is 0 Å². The molecule has 0 spiro atoms. The number of amides is 1. The average Bonchev–Trinajstić information content (AvgIpc) is 3.03. The standard InChI is InChI=1S/C17H18N2O3S/c1-10(2)15-18-13(9-23-15)16(20)19-8-12-6-4-3-5-11(12)7-14(19)17(21)22/h3-6,9-10,14H,7-8H2,1-2H3,(H,21,22). The topological polar surface area (TPSA) is 70.5 Å². The molecule has 0 bridgehead atoms. The van der Waals surface area contributed by atoms with E-state index >= 15 is 0 Å². The van der Waals surface area contributed by atoms with Gasteiger partial charge in [-0.1, -0.05) is 38.1 Å². The van der Waals surface area contributed by atoms with Gasteiger partial charge in [-0.3, -0.25) is 4.79 Å². The number of thiazole rings is 1. The van der Waals surface area contributed by atoms with Crippen LogP contribution in [0.25, 0.3) is 0 Å². The molecule has 0 saturated heterocycles. The first-order chi connectivity index (χ1) is 11.0. The first kappa shape index (κ1) is 15.7. The van der Waals surface area contributed by atoms with Gasteiger partial charge in [0, 0.05) is 24.3 Å². The van der Waals surface area contributed by atoms with Crippen molar-refractivity contribution in [2.24, 2.45) is 0 Å². The number of aromatic nitrogens is 1. The number of aliphatic carboxylic acids is 1. The number of carboxylic acid groups (broad SMARTS) is 1. The Balaban J connectivity index is 1.92. The number of carbonyl (C=O) groups excluding carboxylic acids is 1. The lowest BCUT2D eigenvalue weighted by Crippen LogP contribution is -2.48. The van der Waals surface area contributed by atoms with Crippen molar-refractivity contribution in [1.82, 2.24) is 9.88 Å². The van der Waals surface area contributed by atoms with Crippen LogP contribution in [0.1, 0.15) is 46.4 Å². The van der Waals surface area contributed by atoms with Crippen LogP contribution in [-0.2, 0) is 17.8 Å². The Morgan fingerprint density at radius 3 is 2.61 bits per heavy atom. The second-order valence-electron chi connectivity index (χ2n) is 5.99. The van der Waals surface area contributed by atoms with Crippen molar-refractivity contribution < 1.29 is 14.7 Å². The Bertz CT molecular complexity index is 754. The quantitative estimate of drug-likeness (QED) is 0.939. The van der Waals surface area contributed by atoms with Gasteiger partial charge in [-0.05, 0) is 11.1 Å². The molecule has 1 amide bonds. The molecule has 1 atom stereocenters. The van der Waals surface area contributed by atoms with E-state index in [1.807, 2.05) is 38.1 Å². The molecule has 1 aromatic heterocycles. The summed E-state index contributed by atoms with van der Waals surface area (Å²) < 4.78 is 0. The normalized spacial score (nSPS) is 17.2. The summed E-state index contributed by atoms with van der Waals surface area (Å²) in [7, 11) is 0. The molecule has 0 saturated carbocycles. The number of carboxylic acids is 1. The van der Waals surface area contributed by atoms with Gasteiger partial charge in [-0.2, -0.15) is 0 Å². The minimum atomic E-state index is -0.979. The third-order valence-corrected chi connectivity index (χ3v) is 5.17. The van der Waals surface area contributed by atoms with Crippen molar-refractivity contribution in [2.75, 3.05) is 0 Å². The van der Waals surface area contributed by atoms with Gasteiger partial charge < -0.3 is 10.0 Å². The molecule has 1 unspecified atom stereocenters. The number of fused-ring (bicyclic) bond motifs is 1. The van der Waals surface area contributed by atoms with E-state index in [0.717, 1.165) is 16.1 Å². The van der Waals surface area contributed by atoms with Crippen LogP contribution in [0.15, 0.2) is 29.6 Å². The predicted molar refractivity (Wildman–Crippen MR) is 87.6 cm³/mol. The van der Waals surface area contributed by atoms with Crippen LogP contribution in [0.5, 0.6) is 0 Å². The van der Waals surface area contributed by atoms with Crippen LogP contribution >= 0.6 is 11.3 Å². The lowest BCUT2D eigenvalue weighted by atomic mass is 9.94. The van der Waals surface area contributed by atoms with Gasteiger partial charge in [0.05, 0.1) is 5.01 Å². The number of hydrogen-bond acceptors (Lipinski definition) is 4. The smallest absolute Gasteiger partial charge is 0.326 e. The van der Waals surface area contributed by atoms with Crippen LogP contribution in [0.3, 0.4) is 0 Å². The fourth-order valence-electron chi connectivity index (χ4n) is 2.76. The van der Waals surface area contributed by atoms with E-state index < -0.39 is 12.0 Å². The van der Waals surface area contributed by atoms with Crippen molar-refractivity contribution in [1.29, 1.82) is 0 Å². The molecule has 0 radical (unpaired) electrons. The Labute approximate surface area is 138 Å². The van der Waals surface area contributed by atoms with Crippen molar-refractivity contribution in [3.05, 3.63) is 51.5 Å². The van der Waals surface area contributed by atoms with Gasteiger partial charge >= 0.3 is 5.97 Å². The maximum Gasteiger partial charge on any atom is 0.326 e. The molecule has 23 heavy (non-hydrogen) atoms. The highest BCUT2D eigenvalue weighted by atomic mass is 32.1.